The molecule has 4 unspecified atom stereocenters. The molecule has 5 rings (SSSR count). The molecule has 2 aliphatic rings. The third-order valence-corrected chi connectivity index (χ3v) is 6.00. The van der Waals surface area contributed by atoms with E-state index in [9.17, 15) is 30.3 Å². The van der Waals surface area contributed by atoms with Gasteiger partial charge in [0.25, 0.3) is 0 Å². The zero-order valence-electron chi connectivity index (χ0n) is 22.0. The van der Waals surface area contributed by atoms with Gasteiger partial charge in [-0.15, -0.1) is 0 Å². The van der Waals surface area contributed by atoms with Crippen LogP contribution >= 0.6 is 0 Å². The smallest absolute Gasteiger partial charge is 0.202 e. The second kappa shape index (κ2) is 11.3. The Bertz CT molecular complexity index is 1350. The predicted molar refractivity (Wildman–Crippen MR) is 140 cm³/mol. The summed E-state index contributed by atoms with van der Waals surface area (Å²) in [4.78, 5) is 12.7. The number of aliphatic hydroxyl groups excluding tert-OH is 2. The van der Waals surface area contributed by atoms with Gasteiger partial charge in [0, 0.05) is 17.7 Å². The van der Waals surface area contributed by atoms with Gasteiger partial charge in [-0.2, -0.15) is 0 Å². The second-order valence-corrected chi connectivity index (χ2v) is 9.93. The Labute approximate surface area is 225 Å². The summed E-state index contributed by atoms with van der Waals surface area (Å²) in [6.07, 6.45) is -4.28. The van der Waals surface area contributed by atoms with Crippen LogP contribution in [0.4, 0.5) is 0 Å². The molecular weight excluding hydrogens is 508 g/mol. The monoisotopic (exact) mass is 540 g/mol. The molecule has 0 aliphatic carbocycles. The lowest BCUT2D eigenvalue weighted by molar-refractivity contribution is -0.0130. The first kappa shape index (κ1) is 27.9. The number of ether oxygens (including phenoxy) is 4. The van der Waals surface area contributed by atoms with Crippen LogP contribution in [0.1, 0.15) is 54.5 Å². The topological polar surface area (TPSA) is 155 Å². The molecule has 3 aromatic rings. The Balaban J connectivity index is 0.000000826. The first-order valence-corrected chi connectivity index (χ1v) is 12.4. The largest absolute Gasteiger partial charge is 0.508 e. The van der Waals surface area contributed by atoms with Crippen molar-refractivity contribution in [3.63, 3.8) is 0 Å². The summed E-state index contributed by atoms with van der Waals surface area (Å²) in [7, 11) is 1.41. The van der Waals surface area contributed by atoms with Crippen molar-refractivity contribution in [1.29, 1.82) is 0 Å². The van der Waals surface area contributed by atoms with Crippen molar-refractivity contribution in [2.24, 2.45) is 5.92 Å². The summed E-state index contributed by atoms with van der Waals surface area (Å²) >= 11 is 0. The number of rotatable bonds is 4. The average Bonchev–Trinajstić information content (AvgIpc) is 2.89. The van der Waals surface area contributed by atoms with E-state index in [-0.39, 0.29) is 40.9 Å². The summed E-state index contributed by atoms with van der Waals surface area (Å²) in [5, 5.41) is 50.2. The number of carbonyl (C=O) groups excluding carboxylic acids is 1. The van der Waals surface area contributed by atoms with Crippen molar-refractivity contribution < 1.29 is 49.3 Å². The van der Waals surface area contributed by atoms with Gasteiger partial charge in [-0.25, -0.2) is 0 Å². The minimum absolute atomic E-state index is 0.0540. The predicted octanol–water partition coefficient (Wildman–Crippen LogP) is 4.03. The lowest BCUT2D eigenvalue weighted by Gasteiger charge is -2.35. The van der Waals surface area contributed by atoms with E-state index in [2.05, 4.69) is 20.8 Å². The molecule has 5 N–H and O–H groups in total. The molecule has 0 fully saturated rings. The number of fused-ring (bicyclic) bond motifs is 2. The number of aromatic hydroxyl groups is 3. The number of hydrogen-bond acceptors (Lipinski definition) is 10. The number of Topliss-reactive ketones (excluding diaryl/α,β-unsaturated/α-hetero) is 1. The van der Waals surface area contributed by atoms with E-state index in [0.29, 0.717) is 16.9 Å². The first-order valence-electron chi connectivity index (χ1n) is 12.4. The Morgan fingerprint density at radius 2 is 1.46 bits per heavy atom. The summed E-state index contributed by atoms with van der Waals surface area (Å²) < 4.78 is 23.0. The number of carbonyl (C=O) groups is 1. The Morgan fingerprint density at radius 1 is 0.821 bits per heavy atom. The van der Waals surface area contributed by atoms with Crippen LogP contribution in [-0.2, 0) is 0 Å². The van der Waals surface area contributed by atoms with E-state index in [1.54, 1.807) is 30.3 Å². The quantitative estimate of drug-likeness (QED) is 0.328. The average molecular weight is 541 g/mol. The molecule has 0 amide bonds. The third-order valence-electron chi connectivity index (χ3n) is 6.00. The molecule has 0 saturated carbocycles. The fraction of sp³-hybridized carbons (Fsp3) is 0.345. The van der Waals surface area contributed by atoms with Crippen molar-refractivity contribution in [3.05, 3.63) is 65.2 Å². The van der Waals surface area contributed by atoms with Crippen LogP contribution in [0.2, 0.25) is 0 Å². The number of phenols is 3. The normalized spacial score (nSPS) is 21.4. The molecular formula is C29H32O10. The molecule has 2 aliphatic heterocycles. The third kappa shape index (κ3) is 5.67. The van der Waals surface area contributed by atoms with Crippen molar-refractivity contribution in [1.82, 2.24) is 0 Å². The van der Waals surface area contributed by atoms with Crippen LogP contribution in [0.3, 0.4) is 0 Å². The maximum absolute atomic E-state index is 12.7. The van der Waals surface area contributed by atoms with Crippen LogP contribution in [0.5, 0.6) is 40.2 Å². The van der Waals surface area contributed by atoms with Gasteiger partial charge in [0.2, 0.25) is 5.78 Å². The Morgan fingerprint density at radius 3 is 2.13 bits per heavy atom. The van der Waals surface area contributed by atoms with Crippen molar-refractivity contribution in [2.75, 3.05) is 13.7 Å². The fourth-order valence-electron chi connectivity index (χ4n) is 4.28. The molecule has 208 valence electrons. The minimum Gasteiger partial charge on any atom is -0.508 e. The number of hydrogen-bond donors (Lipinski definition) is 5. The number of methoxy groups -OCH3 is 1. The van der Waals surface area contributed by atoms with E-state index < -0.39 is 35.9 Å². The molecule has 0 spiro atoms. The highest BCUT2D eigenvalue weighted by Gasteiger charge is 2.40. The molecule has 3 aromatic carbocycles. The Hall–Kier alpha value is -4.15. The summed E-state index contributed by atoms with van der Waals surface area (Å²) in [5.41, 5.74) is 0.751. The number of phenolic OH excluding ortho intramolecular Hbond substituents is 3. The van der Waals surface area contributed by atoms with Crippen molar-refractivity contribution in [3.8, 4) is 40.2 Å². The van der Waals surface area contributed by atoms with Gasteiger partial charge in [0.05, 0.1) is 13.7 Å². The van der Waals surface area contributed by atoms with Gasteiger partial charge in [-0.3, -0.25) is 4.79 Å². The second-order valence-electron chi connectivity index (χ2n) is 9.93. The van der Waals surface area contributed by atoms with E-state index in [1.807, 2.05) is 0 Å². The van der Waals surface area contributed by atoms with Gasteiger partial charge in [-0.1, -0.05) is 32.9 Å². The van der Waals surface area contributed by atoms with E-state index in [0.717, 1.165) is 12.0 Å². The van der Waals surface area contributed by atoms with E-state index in [4.69, 9.17) is 18.9 Å². The SMILES string of the molecule is CC(C)C.COc1cc(C2Oc3cc(C4Oc5cc(O)cc(O)c5C(=O)C4O)ccc3OC2CO)ccc1O. The molecule has 39 heavy (non-hydrogen) atoms. The number of benzene rings is 3. The highest BCUT2D eigenvalue weighted by Crippen LogP contribution is 2.45. The zero-order valence-corrected chi connectivity index (χ0v) is 22.0. The molecule has 0 bridgehead atoms. The van der Waals surface area contributed by atoms with Gasteiger partial charge in [0.1, 0.15) is 22.8 Å². The maximum Gasteiger partial charge on any atom is 0.202 e. The van der Waals surface area contributed by atoms with Gasteiger partial charge in [-0.05, 0) is 35.7 Å². The molecule has 10 heteroatoms. The van der Waals surface area contributed by atoms with Gasteiger partial charge >= 0.3 is 0 Å². The van der Waals surface area contributed by atoms with Crippen LogP contribution < -0.4 is 18.9 Å². The molecule has 2 heterocycles. The van der Waals surface area contributed by atoms with Gasteiger partial charge < -0.3 is 44.5 Å². The van der Waals surface area contributed by atoms with E-state index in [1.165, 1.54) is 19.2 Å². The number of ketones is 1. The van der Waals surface area contributed by atoms with Crippen LogP contribution in [0.15, 0.2) is 48.5 Å². The van der Waals surface area contributed by atoms with Crippen LogP contribution in [0.25, 0.3) is 0 Å². The molecule has 0 aromatic heterocycles. The Kier molecular flexibility index (Phi) is 8.08. The summed E-state index contributed by atoms with van der Waals surface area (Å²) in [6, 6.07) is 11.5. The lowest BCUT2D eigenvalue weighted by Crippen LogP contribution is -2.37. The molecule has 0 radical (unpaired) electrons. The van der Waals surface area contributed by atoms with Crippen molar-refractivity contribution in [2.45, 2.75) is 45.2 Å². The summed E-state index contributed by atoms with van der Waals surface area (Å²) in [5.74, 6) is 0.0104. The summed E-state index contributed by atoms with van der Waals surface area (Å²) in [6.45, 7) is 6.15. The molecule has 10 nitrogen and oxygen atoms in total. The van der Waals surface area contributed by atoms with Crippen LogP contribution in [-0.4, -0.2) is 57.2 Å². The molecule has 0 saturated heterocycles. The fourth-order valence-corrected chi connectivity index (χ4v) is 4.28. The minimum atomic E-state index is -1.62. The molecule has 4 atom stereocenters. The van der Waals surface area contributed by atoms with Gasteiger partial charge in [0.15, 0.2) is 47.4 Å². The van der Waals surface area contributed by atoms with Crippen molar-refractivity contribution >= 4 is 5.78 Å². The lowest BCUT2D eigenvalue weighted by atomic mass is 9.92. The van der Waals surface area contributed by atoms with E-state index >= 15 is 0 Å². The zero-order chi connectivity index (χ0) is 28.4. The maximum atomic E-state index is 12.7. The standard InChI is InChI=1S/C25H22O10.C4H10/c1-32-17-6-11(2-4-14(17)28)24-20(10-26)33-16-5-3-12(7-18(16)34-24)25-23(31)22(30)21-15(29)8-13(27)9-19(21)35-25;1-4(2)3/h2-9,20,23-29,31H,10H2,1H3;4H,1-3H3. The highest BCUT2D eigenvalue weighted by molar-refractivity contribution is 6.05. The van der Waals surface area contributed by atoms with Crippen LogP contribution in [0, 0.1) is 5.92 Å². The number of aliphatic hydroxyl groups is 2. The first-order chi connectivity index (χ1) is 18.5. The highest BCUT2D eigenvalue weighted by atomic mass is 16.6.